The molecule has 0 aliphatic carbocycles. The Balaban J connectivity index is 1.83. The Morgan fingerprint density at radius 2 is 1.86 bits per heavy atom. The molecular formula is C14H16Cl3N3O2. The van der Waals surface area contributed by atoms with E-state index in [0.717, 1.165) is 31.6 Å². The average Bonchev–Trinajstić information content (AvgIpc) is 2.49. The predicted molar refractivity (Wildman–Crippen MR) is 89.3 cm³/mol. The Kier molecular flexibility index (Phi) is 6.32. The van der Waals surface area contributed by atoms with Crippen molar-refractivity contribution in [2.45, 2.75) is 12.8 Å². The lowest BCUT2D eigenvalue weighted by atomic mass is 10.1. The summed E-state index contributed by atoms with van der Waals surface area (Å²) < 4.78 is 5.33. The minimum absolute atomic E-state index is 0.200. The fraction of sp³-hybridized carbons (Fsp3) is 0.429. The lowest BCUT2D eigenvalue weighted by molar-refractivity contribution is -0.123. The second kappa shape index (κ2) is 8.02. The molecule has 1 aliphatic heterocycles. The van der Waals surface area contributed by atoms with Crippen LogP contribution < -0.4 is 10.2 Å². The SMILES string of the molecule is CN1CCC(=NNC(=O)COc2cc(Cl)c(Cl)cc2Cl)CC1. The summed E-state index contributed by atoms with van der Waals surface area (Å²) in [6.45, 7) is 1.70. The van der Waals surface area contributed by atoms with Crippen molar-refractivity contribution < 1.29 is 9.53 Å². The number of hydrogen-bond donors (Lipinski definition) is 1. The fourth-order valence-electron chi connectivity index (χ4n) is 1.92. The molecule has 1 aliphatic rings. The van der Waals surface area contributed by atoms with Gasteiger partial charge in [-0.25, -0.2) is 5.43 Å². The van der Waals surface area contributed by atoms with Gasteiger partial charge in [0.05, 0.1) is 15.1 Å². The van der Waals surface area contributed by atoms with Crippen molar-refractivity contribution >= 4 is 46.4 Å². The van der Waals surface area contributed by atoms with E-state index in [1.165, 1.54) is 12.1 Å². The first kappa shape index (κ1) is 17.3. The van der Waals surface area contributed by atoms with E-state index in [2.05, 4.69) is 22.5 Å². The van der Waals surface area contributed by atoms with E-state index in [-0.39, 0.29) is 12.5 Å². The minimum Gasteiger partial charge on any atom is -0.482 e. The first-order valence-electron chi connectivity index (χ1n) is 6.76. The lowest BCUT2D eigenvalue weighted by Gasteiger charge is -2.22. The maximum atomic E-state index is 11.7. The predicted octanol–water partition coefficient (Wildman–Crippen LogP) is 3.22. The Morgan fingerprint density at radius 3 is 2.55 bits per heavy atom. The number of carbonyl (C=O) groups is 1. The van der Waals surface area contributed by atoms with Crippen LogP contribution in [0.25, 0.3) is 0 Å². The van der Waals surface area contributed by atoms with Crippen LogP contribution in [0.15, 0.2) is 17.2 Å². The van der Waals surface area contributed by atoms with E-state index in [1.54, 1.807) is 0 Å². The van der Waals surface area contributed by atoms with Crippen molar-refractivity contribution in [2.75, 3.05) is 26.7 Å². The second-order valence-corrected chi connectivity index (χ2v) is 6.22. The third-order valence-electron chi connectivity index (χ3n) is 3.24. The zero-order valence-corrected chi connectivity index (χ0v) is 14.3. The highest BCUT2D eigenvalue weighted by atomic mass is 35.5. The van der Waals surface area contributed by atoms with Crippen LogP contribution in [-0.2, 0) is 4.79 Å². The number of nitrogens with one attached hydrogen (secondary N) is 1. The number of likely N-dealkylation sites (tertiary alicyclic amines) is 1. The number of rotatable bonds is 4. The summed E-state index contributed by atoms with van der Waals surface area (Å²) in [5.74, 6) is -0.0493. The molecule has 22 heavy (non-hydrogen) atoms. The summed E-state index contributed by atoms with van der Waals surface area (Å²) in [7, 11) is 2.06. The van der Waals surface area contributed by atoms with Gasteiger partial charge >= 0.3 is 0 Å². The largest absolute Gasteiger partial charge is 0.482 e. The van der Waals surface area contributed by atoms with Gasteiger partial charge in [0, 0.05) is 37.7 Å². The van der Waals surface area contributed by atoms with E-state index < -0.39 is 0 Å². The molecule has 8 heteroatoms. The van der Waals surface area contributed by atoms with Gasteiger partial charge < -0.3 is 9.64 Å². The molecule has 1 aromatic rings. The molecule has 120 valence electrons. The van der Waals surface area contributed by atoms with Gasteiger partial charge in [0.2, 0.25) is 0 Å². The van der Waals surface area contributed by atoms with Crippen molar-refractivity contribution in [3.63, 3.8) is 0 Å². The Hall–Kier alpha value is -1.01. The summed E-state index contributed by atoms with van der Waals surface area (Å²) in [6, 6.07) is 2.94. The molecule has 0 saturated carbocycles. The smallest absolute Gasteiger partial charge is 0.277 e. The van der Waals surface area contributed by atoms with Crippen LogP contribution in [0.1, 0.15) is 12.8 Å². The number of hydrazone groups is 1. The van der Waals surface area contributed by atoms with Gasteiger partial charge in [-0.3, -0.25) is 4.79 Å². The van der Waals surface area contributed by atoms with E-state index >= 15 is 0 Å². The van der Waals surface area contributed by atoms with Crippen LogP contribution in [0.4, 0.5) is 0 Å². The molecule has 1 heterocycles. The Labute approximate surface area is 144 Å². The third kappa shape index (κ3) is 5.02. The van der Waals surface area contributed by atoms with E-state index in [1.807, 2.05) is 0 Å². The molecule has 1 aromatic carbocycles. The van der Waals surface area contributed by atoms with Gasteiger partial charge in [-0.1, -0.05) is 34.8 Å². The summed E-state index contributed by atoms with van der Waals surface area (Å²) in [5.41, 5.74) is 3.47. The number of ether oxygens (including phenoxy) is 1. The fourth-order valence-corrected chi connectivity index (χ4v) is 2.51. The lowest BCUT2D eigenvalue weighted by Crippen LogP contribution is -2.32. The minimum atomic E-state index is -0.353. The topological polar surface area (TPSA) is 53.9 Å². The highest BCUT2D eigenvalue weighted by Gasteiger charge is 2.12. The molecule has 2 rings (SSSR count). The maximum absolute atomic E-state index is 11.7. The standard InChI is InChI=1S/C14H16Cl3N3O2/c1-20-4-2-9(3-5-20)18-19-14(21)8-22-13-7-11(16)10(15)6-12(13)17/h6-7H,2-5,8H2,1H3,(H,19,21). The van der Waals surface area contributed by atoms with Crippen molar-refractivity contribution in [1.82, 2.24) is 10.3 Å². The molecule has 0 aromatic heterocycles. The number of amides is 1. The van der Waals surface area contributed by atoms with Gasteiger partial charge in [0.1, 0.15) is 5.75 Å². The van der Waals surface area contributed by atoms with Gasteiger partial charge in [0.15, 0.2) is 6.61 Å². The molecule has 0 bridgehead atoms. The molecule has 0 unspecified atom stereocenters. The summed E-state index contributed by atoms with van der Waals surface area (Å²) in [4.78, 5) is 13.9. The normalized spacial score (nSPS) is 15.5. The van der Waals surface area contributed by atoms with Crippen LogP contribution in [0.5, 0.6) is 5.75 Å². The molecule has 0 spiro atoms. The maximum Gasteiger partial charge on any atom is 0.277 e. The number of halogens is 3. The van der Waals surface area contributed by atoms with Crippen LogP contribution >= 0.6 is 34.8 Å². The zero-order chi connectivity index (χ0) is 16.1. The number of piperidine rings is 1. The van der Waals surface area contributed by atoms with E-state index in [0.29, 0.717) is 20.8 Å². The van der Waals surface area contributed by atoms with Crippen molar-refractivity contribution in [1.29, 1.82) is 0 Å². The van der Waals surface area contributed by atoms with Gasteiger partial charge in [-0.05, 0) is 13.1 Å². The van der Waals surface area contributed by atoms with Crippen molar-refractivity contribution in [3.8, 4) is 5.75 Å². The van der Waals surface area contributed by atoms with Crippen LogP contribution in [0.3, 0.4) is 0 Å². The van der Waals surface area contributed by atoms with Gasteiger partial charge in [0.25, 0.3) is 5.91 Å². The highest BCUT2D eigenvalue weighted by Crippen LogP contribution is 2.33. The number of nitrogens with zero attached hydrogens (tertiary/aromatic N) is 2. The summed E-state index contributed by atoms with van der Waals surface area (Å²) >= 11 is 17.7. The summed E-state index contributed by atoms with van der Waals surface area (Å²) in [5, 5.41) is 5.05. The second-order valence-electron chi connectivity index (χ2n) is 5.00. The van der Waals surface area contributed by atoms with Crippen LogP contribution in [0, 0.1) is 0 Å². The molecule has 5 nitrogen and oxygen atoms in total. The molecule has 1 fully saturated rings. The molecule has 1 saturated heterocycles. The zero-order valence-electron chi connectivity index (χ0n) is 12.0. The third-order valence-corrected chi connectivity index (χ3v) is 4.25. The molecular weight excluding hydrogens is 349 g/mol. The summed E-state index contributed by atoms with van der Waals surface area (Å²) in [6.07, 6.45) is 1.71. The number of hydrogen-bond acceptors (Lipinski definition) is 4. The van der Waals surface area contributed by atoms with E-state index in [4.69, 9.17) is 39.5 Å². The molecule has 1 amide bonds. The monoisotopic (exact) mass is 363 g/mol. The quantitative estimate of drug-likeness (QED) is 0.659. The Bertz CT molecular complexity index is 583. The number of benzene rings is 1. The average molecular weight is 365 g/mol. The van der Waals surface area contributed by atoms with E-state index in [9.17, 15) is 4.79 Å². The highest BCUT2D eigenvalue weighted by molar-refractivity contribution is 6.43. The first-order chi connectivity index (χ1) is 10.5. The van der Waals surface area contributed by atoms with Gasteiger partial charge in [-0.2, -0.15) is 5.10 Å². The molecule has 0 atom stereocenters. The first-order valence-corrected chi connectivity index (χ1v) is 7.89. The Morgan fingerprint density at radius 1 is 1.23 bits per heavy atom. The van der Waals surface area contributed by atoms with Crippen molar-refractivity contribution in [3.05, 3.63) is 27.2 Å². The number of carbonyl (C=O) groups excluding carboxylic acids is 1. The van der Waals surface area contributed by atoms with Gasteiger partial charge in [-0.15, -0.1) is 0 Å². The van der Waals surface area contributed by atoms with Crippen molar-refractivity contribution in [2.24, 2.45) is 5.10 Å². The van der Waals surface area contributed by atoms with Crippen LogP contribution in [-0.4, -0.2) is 43.3 Å². The molecule has 0 radical (unpaired) electrons. The van der Waals surface area contributed by atoms with Crippen LogP contribution in [0.2, 0.25) is 15.1 Å². The molecule has 1 N–H and O–H groups in total.